The van der Waals surface area contributed by atoms with Crippen molar-refractivity contribution >= 4 is 52.2 Å². The Labute approximate surface area is 191 Å². The molecule has 32 heavy (non-hydrogen) atoms. The second-order valence-electron chi connectivity index (χ2n) is 6.46. The van der Waals surface area contributed by atoms with E-state index >= 15 is 0 Å². The molecule has 3 rings (SSSR count). The van der Waals surface area contributed by atoms with Crippen LogP contribution in [-0.2, 0) is 9.59 Å². The van der Waals surface area contributed by atoms with Crippen molar-refractivity contribution in [3.8, 4) is 5.75 Å². The summed E-state index contributed by atoms with van der Waals surface area (Å²) in [4.78, 5) is 37.9. The van der Waals surface area contributed by atoms with Crippen molar-refractivity contribution in [2.75, 3.05) is 25.0 Å². The van der Waals surface area contributed by atoms with Gasteiger partial charge in [-0.25, -0.2) is 0 Å². The molecule has 0 bridgehead atoms. The molecule has 0 spiro atoms. The number of halogens is 3. The van der Waals surface area contributed by atoms with Crippen LogP contribution in [-0.4, -0.2) is 48.2 Å². The zero-order chi connectivity index (χ0) is 23.1. The number of carbonyl (C=O) groups excluding carboxylic acids is 3. The number of alkyl halides is 2. The average Bonchev–Trinajstić information content (AvgIpc) is 3.01. The van der Waals surface area contributed by atoms with Crippen LogP contribution in [0.2, 0.25) is 5.02 Å². The predicted molar refractivity (Wildman–Crippen MR) is 119 cm³/mol. The molecule has 0 radical (unpaired) electrons. The SMILES string of the molecule is O=C(CNc1ccccc1Cl)NCCN1C(=O)S/C(=C\c2ccc(OC(F)F)cc2)C1=O. The number of nitrogens with one attached hydrogen (secondary N) is 2. The number of benzene rings is 2. The molecule has 2 aromatic carbocycles. The third-order valence-electron chi connectivity index (χ3n) is 4.25. The Bertz CT molecular complexity index is 1030. The number of hydrogen-bond donors (Lipinski definition) is 2. The fraction of sp³-hybridized carbons (Fsp3) is 0.190. The third-order valence-corrected chi connectivity index (χ3v) is 5.48. The Balaban J connectivity index is 1.48. The first-order valence-corrected chi connectivity index (χ1v) is 10.6. The van der Waals surface area contributed by atoms with E-state index in [0.717, 1.165) is 16.7 Å². The lowest BCUT2D eigenvalue weighted by Gasteiger charge is -2.13. The molecule has 0 atom stereocenters. The molecule has 2 aromatic rings. The minimum absolute atomic E-state index is 0.00924. The number of ether oxygens (including phenoxy) is 1. The maximum absolute atomic E-state index is 12.5. The molecular formula is C21H18ClF2N3O4S. The van der Waals surface area contributed by atoms with E-state index in [1.165, 1.54) is 30.3 Å². The van der Waals surface area contributed by atoms with Crippen molar-refractivity contribution in [2.24, 2.45) is 0 Å². The van der Waals surface area contributed by atoms with E-state index in [9.17, 15) is 23.2 Å². The van der Waals surface area contributed by atoms with E-state index in [2.05, 4.69) is 15.4 Å². The van der Waals surface area contributed by atoms with Crippen LogP contribution in [0.15, 0.2) is 53.4 Å². The highest BCUT2D eigenvalue weighted by Crippen LogP contribution is 2.32. The highest BCUT2D eigenvalue weighted by Gasteiger charge is 2.34. The van der Waals surface area contributed by atoms with Gasteiger partial charge in [0.15, 0.2) is 0 Å². The van der Waals surface area contributed by atoms with Crippen LogP contribution >= 0.6 is 23.4 Å². The van der Waals surface area contributed by atoms with Gasteiger partial charge >= 0.3 is 6.61 Å². The van der Waals surface area contributed by atoms with Gasteiger partial charge in [0.1, 0.15) is 5.75 Å². The number of anilines is 1. The molecule has 0 saturated carbocycles. The van der Waals surface area contributed by atoms with Gasteiger partial charge in [-0.1, -0.05) is 35.9 Å². The van der Waals surface area contributed by atoms with Gasteiger partial charge in [-0.2, -0.15) is 8.78 Å². The lowest BCUT2D eigenvalue weighted by molar-refractivity contribution is -0.123. The number of thioether (sulfide) groups is 1. The number of rotatable bonds is 9. The van der Waals surface area contributed by atoms with Crippen molar-refractivity contribution in [1.82, 2.24) is 10.2 Å². The number of amides is 3. The van der Waals surface area contributed by atoms with Crippen molar-refractivity contribution in [3.05, 3.63) is 64.0 Å². The summed E-state index contributed by atoms with van der Waals surface area (Å²) in [5.41, 5.74) is 1.17. The Morgan fingerprint density at radius 1 is 1.16 bits per heavy atom. The largest absolute Gasteiger partial charge is 0.435 e. The van der Waals surface area contributed by atoms with E-state index in [1.807, 2.05) is 0 Å². The third kappa shape index (κ3) is 6.44. The predicted octanol–water partition coefficient (Wildman–Crippen LogP) is 4.21. The average molecular weight is 482 g/mol. The second kappa shape index (κ2) is 11.0. The summed E-state index contributed by atoms with van der Waals surface area (Å²) in [5, 5.41) is 5.57. The zero-order valence-electron chi connectivity index (χ0n) is 16.5. The minimum Gasteiger partial charge on any atom is -0.435 e. The number of hydrogen-bond acceptors (Lipinski definition) is 6. The smallest absolute Gasteiger partial charge is 0.387 e. The Morgan fingerprint density at radius 3 is 2.56 bits per heavy atom. The summed E-state index contributed by atoms with van der Waals surface area (Å²) >= 11 is 6.78. The van der Waals surface area contributed by atoms with Gasteiger partial charge in [0.05, 0.1) is 22.2 Å². The van der Waals surface area contributed by atoms with E-state index in [1.54, 1.807) is 24.3 Å². The fourth-order valence-electron chi connectivity index (χ4n) is 2.74. The monoisotopic (exact) mass is 481 g/mol. The molecule has 1 fully saturated rings. The Morgan fingerprint density at radius 2 is 1.88 bits per heavy atom. The van der Waals surface area contributed by atoms with Crippen LogP contribution < -0.4 is 15.4 Å². The van der Waals surface area contributed by atoms with E-state index in [0.29, 0.717) is 16.3 Å². The maximum atomic E-state index is 12.5. The van der Waals surface area contributed by atoms with E-state index in [4.69, 9.17) is 11.6 Å². The van der Waals surface area contributed by atoms with Gasteiger partial charge in [0.25, 0.3) is 11.1 Å². The first-order valence-electron chi connectivity index (χ1n) is 9.39. The van der Waals surface area contributed by atoms with Gasteiger partial charge in [-0.15, -0.1) is 0 Å². The van der Waals surface area contributed by atoms with Crippen LogP contribution in [0, 0.1) is 0 Å². The Hall–Kier alpha value is -3.11. The molecule has 1 aliphatic rings. The molecule has 3 amide bonds. The molecule has 1 aliphatic heterocycles. The second-order valence-corrected chi connectivity index (χ2v) is 7.86. The lowest BCUT2D eigenvalue weighted by atomic mass is 10.2. The van der Waals surface area contributed by atoms with Crippen LogP contribution in [0.3, 0.4) is 0 Å². The highest BCUT2D eigenvalue weighted by atomic mass is 35.5. The topological polar surface area (TPSA) is 87.7 Å². The highest BCUT2D eigenvalue weighted by molar-refractivity contribution is 8.18. The summed E-state index contributed by atoms with van der Waals surface area (Å²) < 4.78 is 28.7. The molecule has 7 nitrogen and oxygen atoms in total. The molecule has 0 unspecified atom stereocenters. The first-order chi connectivity index (χ1) is 15.3. The van der Waals surface area contributed by atoms with Crippen LogP contribution in [0.4, 0.5) is 19.3 Å². The van der Waals surface area contributed by atoms with Crippen molar-refractivity contribution in [3.63, 3.8) is 0 Å². The van der Waals surface area contributed by atoms with Gasteiger partial charge < -0.3 is 15.4 Å². The van der Waals surface area contributed by atoms with E-state index in [-0.39, 0.29) is 36.2 Å². The van der Waals surface area contributed by atoms with Gasteiger partial charge in [-0.3, -0.25) is 19.3 Å². The molecule has 1 heterocycles. The summed E-state index contributed by atoms with van der Waals surface area (Å²) in [7, 11) is 0. The fourth-order valence-corrected chi connectivity index (χ4v) is 3.81. The van der Waals surface area contributed by atoms with Gasteiger partial charge in [0, 0.05) is 13.1 Å². The standard InChI is InChI=1S/C21H18ClF2N3O4S/c22-15-3-1-2-4-16(15)26-12-18(28)25-9-10-27-19(29)17(32-21(27)30)11-13-5-7-14(8-6-13)31-20(23)24/h1-8,11,20,26H,9-10,12H2,(H,25,28)/b17-11-. The van der Waals surface area contributed by atoms with Crippen LogP contribution in [0.1, 0.15) is 5.56 Å². The van der Waals surface area contributed by atoms with Gasteiger partial charge in [0.2, 0.25) is 5.91 Å². The molecule has 0 aliphatic carbocycles. The summed E-state index contributed by atoms with van der Waals surface area (Å²) in [5.74, 6) is -0.820. The lowest BCUT2D eigenvalue weighted by Crippen LogP contribution is -2.39. The maximum Gasteiger partial charge on any atom is 0.387 e. The summed E-state index contributed by atoms with van der Waals surface area (Å²) in [6.07, 6.45) is 1.49. The van der Waals surface area contributed by atoms with Gasteiger partial charge in [-0.05, 0) is 47.7 Å². The zero-order valence-corrected chi connectivity index (χ0v) is 18.1. The quantitative estimate of drug-likeness (QED) is 0.522. The number of nitrogens with zero attached hydrogens (tertiary/aromatic N) is 1. The first kappa shape index (κ1) is 23.6. The molecule has 1 saturated heterocycles. The van der Waals surface area contributed by atoms with Crippen molar-refractivity contribution in [2.45, 2.75) is 6.61 Å². The molecular weight excluding hydrogens is 464 g/mol. The molecule has 168 valence electrons. The number of imide groups is 1. The molecule has 0 aromatic heterocycles. The van der Waals surface area contributed by atoms with Crippen LogP contribution in [0.5, 0.6) is 5.75 Å². The summed E-state index contributed by atoms with van der Waals surface area (Å²) in [6, 6.07) is 12.7. The van der Waals surface area contributed by atoms with E-state index < -0.39 is 17.8 Å². The number of para-hydroxylation sites is 1. The molecule has 11 heteroatoms. The van der Waals surface area contributed by atoms with Crippen molar-refractivity contribution < 1.29 is 27.9 Å². The Kier molecular flexibility index (Phi) is 8.07. The van der Waals surface area contributed by atoms with Crippen LogP contribution in [0.25, 0.3) is 6.08 Å². The number of carbonyl (C=O) groups is 3. The normalized spacial score (nSPS) is 14.9. The molecule has 2 N–H and O–H groups in total. The summed E-state index contributed by atoms with van der Waals surface area (Å²) in [6.45, 7) is -2.84. The minimum atomic E-state index is -2.93. The van der Waals surface area contributed by atoms with Crippen molar-refractivity contribution in [1.29, 1.82) is 0 Å².